The van der Waals surface area contributed by atoms with E-state index in [0.717, 1.165) is 0 Å². The highest BCUT2D eigenvalue weighted by Crippen LogP contribution is 2.35. The Labute approximate surface area is 104 Å². The van der Waals surface area contributed by atoms with Gasteiger partial charge in [0, 0.05) is 5.71 Å². The van der Waals surface area contributed by atoms with Gasteiger partial charge in [-0.2, -0.15) is 15.6 Å². The molecule has 90 valence electrons. The van der Waals surface area contributed by atoms with E-state index in [4.69, 9.17) is 14.9 Å². The quantitative estimate of drug-likeness (QED) is 0.858. The average Bonchev–Trinajstić information content (AvgIpc) is 2.99. The zero-order valence-corrected chi connectivity index (χ0v) is 9.62. The van der Waals surface area contributed by atoms with Crippen LogP contribution in [0.3, 0.4) is 0 Å². The molecule has 0 unspecified atom stereocenters. The Kier molecular flexibility index (Phi) is 3.11. The second-order valence-electron chi connectivity index (χ2n) is 3.98. The number of rotatable bonds is 3. The number of carbonyl (C=O) groups is 1. The number of nitrogens with one attached hydrogen (secondary N) is 1. The topological polar surface area (TPSA) is 102 Å². The zero-order valence-electron chi connectivity index (χ0n) is 9.62. The summed E-state index contributed by atoms with van der Waals surface area (Å²) in [6.45, 7) is 1.68. The van der Waals surface area contributed by atoms with Crippen LogP contribution in [-0.4, -0.2) is 11.6 Å². The van der Waals surface area contributed by atoms with Gasteiger partial charge in [0.25, 0.3) is 0 Å². The van der Waals surface area contributed by atoms with E-state index in [1.54, 1.807) is 19.1 Å². The summed E-state index contributed by atoms with van der Waals surface area (Å²) in [4.78, 5) is 11.8. The van der Waals surface area contributed by atoms with Crippen molar-refractivity contribution < 1.29 is 9.21 Å². The van der Waals surface area contributed by atoms with Gasteiger partial charge in [0.2, 0.25) is 5.91 Å². The van der Waals surface area contributed by atoms with E-state index in [-0.39, 0.29) is 5.91 Å². The molecule has 1 aliphatic heterocycles. The van der Waals surface area contributed by atoms with E-state index >= 15 is 0 Å². The van der Waals surface area contributed by atoms with Gasteiger partial charge in [-0.1, -0.05) is 0 Å². The van der Waals surface area contributed by atoms with Gasteiger partial charge in [-0.15, -0.1) is 0 Å². The molecule has 0 saturated carbocycles. The van der Waals surface area contributed by atoms with Crippen LogP contribution in [-0.2, 0) is 4.79 Å². The molecule has 1 aliphatic rings. The standard InChI is InChI=1S/C12H10N4O2/c1-7-10(12(17)16-15-7)11(8(5-13)6-14)9-3-2-4-18-9/h2-4,8,10-11H,1H3,(H,16,17)/t10-,11-/m1/s1. The number of hydrazone groups is 1. The van der Waals surface area contributed by atoms with Crippen molar-refractivity contribution in [2.24, 2.45) is 16.9 Å². The van der Waals surface area contributed by atoms with Crippen molar-refractivity contribution in [3.05, 3.63) is 24.2 Å². The predicted molar refractivity (Wildman–Crippen MR) is 60.9 cm³/mol. The van der Waals surface area contributed by atoms with Gasteiger partial charge < -0.3 is 4.42 Å². The molecule has 2 atom stereocenters. The molecule has 0 spiro atoms. The van der Waals surface area contributed by atoms with Crippen LogP contribution in [0.5, 0.6) is 0 Å². The number of amides is 1. The molecule has 0 aromatic carbocycles. The number of nitriles is 2. The van der Waals surface area contributed by atoms with Crippen molar-refractivity contribution in [3.8, 4) is 12.1 Å². The summed E-state index contributed by atoms with van der Waals surface area (Å²) >= 11 is 0. The van der Waals surface area contributed by atoms with Crippen molar-refractivity contribution in [3.63, 3.8) is 0 Å². The minimum Gasteiger partial charge on any atom is -0.469 e. The first-order valence-electron chi connectivity index (χ1n) is 5.35. The summed E-state index contributed by atoms with van der Waals surface area (Å²) in [7, 11) is 0. The summed E-state index contributed by atoms with van der Waals surface area (Å²) in [6.07, 6.45) is 1.45. The molecule has 1 amide bonds. The molecule has 0 saturated heterocycles. The third-order valence-corrected chi connectivity index (χ3v) is 2.94. The average molecular weight is 242 g/mol. The second-order valence-corrected chi connectivity index (χ2v) is 3.98. The fourth-order valence-electron chi connectivity index (χ4n) is 2.09. The molecule has 1 N–H and O–H groups in total. The smallest absolute Gasteiger partial charge is 0.249 e. The summed E-state index contributed by atoms with van der Waals surface area (Å²) in [6, 6.07) is 7.12. The van der Waals surface area contributed by atoms with E-state index < -0.39 is 17.8 Å². The Morgan fingerprint density at radius 1 is 1.50 bits per heavy atom. The van der Waals surface area contributed by atoms with Crippen LogP contribution in [0.25, 0.3) is 0 Å². The largest absolute Gasteiger partial charge is 0.469 e. The lowest BCUT2D eigenvalue weighted by Crippen LogP contribution is -2.31. The maximum Gasteiger partial charge on any atom is 0.249 e. The molecule has 0 fully saturated rings. The number of nitrogens with zero attached hydrogens (tertiary/aromatic N) is 3. The van der Waals surface area contributed by atoms with Gasteiger partial charge in [0.15, 0.2) is 0 Å². The number of furan rings is 1. The molecule has 2 heterocycles. The number of carbonyl (C=O) groups excluding carboxylic acids is 1. The fourth-order valence-corrected chi connectivity index (χ4v) is 2.09. The maximum atomic E-state index is 11.8. The van der Waals surface area contributed by atoms with Crippen LogP contribution in [0.4, 0.5) is 0 Å². The third-order valence-electron chi connectivity index (χ3n) is 2.94. The highest BCUT2D eigenvalue weighted by atomic mass is 16.3. The van der Waals surface area contributed by atoms with Gasteiger partial charge in [0.05, 0.1) is 30.2 Å². The molecule has 0 aliphatic carbocycles. The van der Waals surface area contributed by atoms with Crippen LogP contribution >= 0.6 is 0 Å². The molecule has 0 bridgehead atoms. The zero-order chi connectivity index (χ0) is 13.1. The van der Waals surface area contributed by atoms with Gasteiger partial charge in [0.1, 0.15) is 11.7 Å². The molecule has 1 aromatic rings. The van der Waals surface area contributed by atoms with E-state index in [1.165, 1.54) is 6.26 Å². The Morgan fingerprint density at radius 3 is 2.67 bits per heavy atom. The lowest BCUT2D eigenvalue weighted by atomic mass is 9.79. The molecule has 1 aromatic heterocycles. The predicted octanol–water partition coefficient (Wildman–Crippen LogP) is 1.15. The van der Waals surface area contributed by atoms with Gasteiger partial charge in [-0.3, -0.25) is 4.79 Å². The molecule has 2 rings (SSSR count). The Hall–Kier alpha value is -2.60. The van der Waals surface area contributed by atoms with Gasteiger partial charge >= 0.3 is 0 Å². The first-order chi connectivity index (χ1) is 8.69. The normalized spacial score (nSPS) is 19.9. The molecular weight excluding hydrogens is 232 g/mol. The van der Waals surface area contributed by atoms with E-state index in [2.05, 4.69) is 10.5 Å². The minimum atomic E-state index is -0.963. The lowest BCUT2D eigenvalue weighted by Gasteiger charge is -2.20. The second kappa shape index (κ2) is 4.72. The molecule has 0 radical (unpaired) electrons. The monoisotopic (exact) mass is 242 g/mol. The summed E-state index contributed by atoms with van der Waals surface area (Å²) in [5.41, 5.74) is 2.91. The maximum absolute atomic E-state index is 11.8. The number of hydrogen-bond acceptors (Lipinski definition) is 5. The van der Waals surface area contributed by atoms with Crippen molar-refractivity contribution in [1.82, 2.24) is 5.43 Å². The van der Waals surface area contributed by atoms with E-state index in [9.17, 15) is 4.79 Å². The lowest BCUT2D eigenvalue weighted by molar-refractivity contribution is -0.122. The van der Waals surface area contributed by atoms with E-state index in [0.29, 0.717) is 11.5 Å². The molecule has 6 heteroatoms. The van der Waals surface area contributed by atoms with Crippen molar-refractivity contribution in [2.75, 3.05) is 0 Å². The van der Waals surface area contributed by atoms with Crippen molar-refractivity contribution >= 4 is 11.6 Å². The van der Waals surface area contributed by atoms with Crippen LogP contribution in [0.1, 0.15) is 18.6 Å². The molecule has 6 nitrogen and oxygen atoms in total. The first-order valence-corrected chi connectivity index (χ1v) is 5.35. The Bertz CT molecular complexity index is 548. The SMILES string of the molecule is CC1=NNC(=O)[C@H]1[C@@H](c1ccco1)C(C#N)C#N. The Balaban J connectivity index is 2.44. The first kappa shape index (κ1) is 11.9. The van der Waals surface area contributed by atoms with Crippen LogP contribution in [0.2, 0.25) is 0 Å². The van der Waals surface area contributed by atoms with Gasteiger partial charge in [-0.25, -0.2) is 5.43 Å². The highest BCUT2D eigenvalue weighted by Gasteiger charge is 2.42. The van der Waals surface area contributed by atoms with E-state index in [1.807, 2.05) is 12.1 Å². The number of hydrogen-bond donors (Lipinski definition) is 1. The third kappa shape index (κ3) is 1.85. The molecular formula is C12H10N4O2. The van der Waals surface area contributed by atoms with Crippen molar-refractivity contribution in [1.29, 1.82) is 10.5 Å². The van der Waals surface area contributed by atoms with Gasteiger partial charge in [-0.05, 0) is 19.1 Å². The Morgan fingerprint density at radius 2 is 2.22 bits per heavy atom. The highest BCUT2D eigenvalue weighted by molar-refractivity contribution is 6.07. The van der Waals surface area contributed by atoms with Crippen LogP contribution in [0.15, 0.2) is 27.9 Å². The van der Waals surface area contributed by atoms with Crippen LogP contribution in [0, 0.1) is 34.5 Å². The molecule has 18 heavy (non-hydrogen) atoms. The summed E-state index contributed by atoms with van der Waals surface area (Å²) in [5.74, 6) is -2.11. The van der Waals surface area contributed by atoms with Crippen molar-refractivity contribution in [2.45, 2.75) is 12.8 Å². The summed E-state index contributed by atoms with van der Waals surface area (Å²) in [5, 5.41) is 21.9. The van der Waals surface area contributed by atoms with Crippen LogP contribution < -0.4 is 5.43 Å². The summed E-state index contributed by atoms with van der Waals surface area (Å²) < 4.78 is 5.25. The minimum absolute atomic E-state index is 0.315. The fraction of sp³-hybridized carbons (Fsp3) is 0.333.